The van der Waals surface area contributed by atoms with E-state index in [1.54, 1.807) is 0 Å². The molecule has 4 heteroatoms. The van der Waals surface area contributed by atoms with Gasteiger partial charge >= 0.3 is 0 Å². The van der Waals surface area contributed by atoms with E-state index in [2.05, 4.69) is 6.92 Å². The summed E-state index contributed by atoms with van der Waals surface area (Å²) in [7, 11) is 0. The zero-order valence-corrected chi connectivity index (χ0v) is 15.0. The summed E-state index contributed by atoms with van der Waals surface area (Å²) < 4.78 is 34.9. The average Bonchev–Trinajstić information content (AvgIpc) is 2.60. The Bertz CT molecular complexity index is 789. The van der Waals surface area contributed by atoms with Crippen LogP contribution in [0.15, 0.2) is 36.4 Å². The smallest absolute Gasteiger partial charge is 0.165 e. The van der Waals surface area contributed by atoms with E-state index in [0.717, 1.165) is 30.9 Å². The second kappa shape index (κ2) is 6.28. The van der Waals surface area contributed by atoms with Crippen molar-refractivity contribution >= 4 is 11.6 Å². The minimum absolute atomic E-state index is 0.111. The second-order valence-corrected chi connectivity index (χ2v) is 8.02. The molecule has 4 rings (SSSR count). The Labute approximate surface area is 152 Å². The molecule has 2 aromatic carbocycles. The summed E-state index contributed by atoms with van der Waals surface area (Å²) in [4.78, 5) is 0. The minimum Gasteiger partial charge on any atom is -0.490 e. The van der Waals surface area contributed by atoms with Crippen LogP contribution in [0.3, 0.4) is 0 Å². The number of hydrogen-bond acceptors (Lipinski definition) is 1. The van der Waals surface area contributed by atoms with Crippen LogP contribution in [0.1, 0.15) is 37.3 Å². The maximum Gasteiger partial charge on any atom is 0.165 e. The Morgan fingerprint density at radius 1 is 1.12 bits per heavy atom. The SMILES string of the molecule is C[C@H]1CC[C@@]2(Cc3ccc(Cl)cc3)c3c(F)ccc(F)c3OC[C@H]2C1. The van der Waals surface area contributed by atoms with Gasteiger partial charge < -0.3 is 4.74 Å². The maximum atomic E-state index is 14.9. The largest absolute Gasteiger partial charge is 0.490 e. The zero-order chi connectivity index (χ0) is 17.6. The lowest BCUT2D eigenvalue weighted by molar-refractivity contribution is 0.0584. The van der Waals surface area contributed by atoms with Crippen LogP contribution >= 0.6 is 11.6 Å². The van der Waals surface area contributed by atoms with Gasteiger partial charge in [-0.05, 0) is 61.4 Å². The molecule has 1 heterocycles. The predicted octanol–water partition coefficient (Wildman–Crippen LogP) is 5.93. The first kappa shape index (κ1) is 16.8. The Morgan fingerprint density at radius 3 is 2.60 bits per heavy atom. The summed E-state index contributed by atoms with van der Waals surface area (Å²) in [6.45, 7) is 2.68. The van der Waals surface area contributed by atoms with Gasteiger partial charge in [-0.1, -0.05) is 30.7 Å². The highest BCUT2D eigenvalue weighted by Gasteiger charge is 2.50. The highest BCUT2D eigenvalue weighted by Crippen LogP contribution is 2.54. The van der Waals surface area contributed by atoms with Crippen molar-refractivity contribution in [2.24, 2.45) is 11.8 Å². The first-order chi connectivity index (χ1) is 12.0. The van der Waals surface area contributed by atoms with E-state index < -0.39 is 11.2 Å². The van der Waals surface area contributed by atoms with Crippen LogP contribution in [0.4, 0.5) is 8.78 Å². The molecule has 0 unspecified atom stereocenters. The van der Waals surface area contributed by atoms with Gasteiger partial charge in [0.25, 0.3) is 0 Å². The highest BCUT2D eigenvalue weighted by atomic mass is 35.5. The number of ether oxygens (including phenoxy) is 1. The molecule has 2 aromatic rings. The third-order valence-corrected chi connectivity index (χ3v) is 6.22. The summed E-state index contributed by atoms with van der Waals surface area (Å²) in [5, 5.41) is 0.680. The maximum absolute atomic E-state index is 14.9. The molecule has 25 heavy (non-hydrogen) atoms. The molecule has 0 spiro atoms. The van der Waals surface area contributed by atoms with Gasteiger partial charge in [0.05, 0.1) is 6.61 Å². The van der Waals surface area contributed by atoms with E-state index in [-0.39, 0.29) is 17.5 Å². The molecule has 0 radical (unpaired) electrons. The number of rotatable bonds is 2. The van der Waals surface area contributed by atoms with Crippen LogP contribution < -0.4 is 4.74 Å². The van der Waals surface area contributed by atoms with E-state index in [9.17, 15) is 8.78 Å². The topological polar surface area (TPSA) is 9.23 Å². The predicted molar refractivity (Wildman–Crippen MR) is 95.2 cm³/mol. The van der Waals surface area contributed by atoms with Crippen molar-refractivity contribution in [1.29, 1.82) is 0 Å². The summed E-state index contributed by atoms with van der Waals surface area (Å²) >= 11 is 6.01. The molecule has 2 aliphatic rings. The van der Waals surface area contributed by atoms with Crippen LogP contribution in [-0.2, 0) is 11.8 Å². The molecule has 0 saturated heterocycles. The van der Waals surface area contributed by atoms with Crippen molar-refractivity contribution in [3.05, 3.63) is 64.2 Å². The van der Waals surface area contributed by atoms with Crippen LogP contribution in [-0.4, -0.2) is 6.61 Å². The average molecular weight is 363 g/mol. The van der Waals surface area contributed by atoms with Crippen molar-refractivity contribution < 1.29 is 13.5 Å². The van der Waals surface area contributed by atoms with E-state index >= 15 is 0 Å². The Kier molecular flexibility index (Phi) is 4.23. The Balaban J connectivity index is 1.85. The molecule has 1 saturated carbocycles. The number of halogens is 3. The Hall–Kier alpha value is -1.61. The molecular weight excluding hydrogens is 342 g/mol. The van der Waals surface area contributed by atoms with Crippen molar-refractivity contribution in [2.45, 2.75) is 38.0 Å². The molecule has 1 aliphatic carbocycles. The van der Waals surface area contributed by atoms with Gasteiger partial charge in [-0.25, -0.2) is 8.78 Å². The van der Waals surface area contributed by atoms with Crippen molar-refractivity contribution in [3.63, 3.8) is 0 Å². The Morgan fingerprint density at radius 2 is 1.84 bits per heavy atom. The lowest BCUT2D eigenvalue weighted by atomic mass is 9.57. The number of fused-ring (bicyclic) bond motifs is 3. The fourth-order valence-corrected chi connectivity index (χ4v) is 4.83. The lowest BCUT2D eigenvalue weighted by Gasteiger charge is -2.50. The summed E-state index contributed by atoms with van der Waals surface area (Å²) in [5.74, 6) is 0.0502. The van der Waals surface area contributed by atoms with E-state index in [4.69, 9.17) is 16.3 Å². The monoisotopic (exact) mass is 362 g/mol. The van der Waals surface area contributed by atoms with Crippen LogP contribution in [0.5, 0.6) is 5.75 Å². The fourth-order valence-electron chi connectivity index (χ4n) is 4.70. The van der Waals surface area contributed by atoms with Gasteiger partial charge in [0.1, 0.15) is 5.82 Å². The van der Waals surface area contributed by atoms with Crippen molar-refractivity contribution in [2.75, 3.05) is 6.61 Å². The van der Waals surface area contributed by atoms with Crippen molar-refractivity contribution in [3.8, 4) is 5.75 Å². The molecule has 3 atom stereocenters. The molecule has 0 bridgehead atoms. The molecule has 1 fully saturated rings. The molecule has 132 valence electrons. The molecule has 1 nitrogen and oxygen atoms in total. The summed E-state index contributed by atoms with van der Waals surface area (Å²) in [6, 6.07) is 10.1. The molecule has 0 aromatic heterocycles. The fraction of sp³-hybridized carbons (Fsp3) is 0.429. The van der Waals surface area contributed by atoms with Gasteiger partial charge in [-0.3, -0.25) is 0 Å². The highest BCUT2D eigenvalue weighted by molar-refractivity contribution is 6.30. The zero-order valence-electron chi connectivity index (χ0n) is 14.2. The third-order valence-electron chi connectivity index (χ3n) is 5.97. The number of hydrogen-bond donors (Lipinski definition) is 0. The molecular formula is C21H21ClF2O. The van der Waals surface area contributed by atoms with E-state index in [1.165, 1.54) is 6.07 Å². The van der Waals surface area contributed by atoms with Gasteiger partial charge in [0, 0.05) is 21.9 Å². The summed E-state index contributed by atoms with van der Waals surface area (Å²) in [6.07, 6.45) is 3.51. The first-order valence-corrected chi connectivity index (χ1v) is 9.23. The molecule has 0 N–H and O–H groups in total. The first-order valence-electron chi connectivity index (χ1n) is 8.85. The minimum atomic E-state index is -0.469. The van der Waals surface area contributed by atoms with Crippen LogP contribution in [0.2, 0.25) is 5.02 Å². The van der Waals surface area contributed by atoms with Gasteiger partial charge in [-0.2, -0.15) is 0 Å². The van der Waals surface area contributed by atoms with Crippen molar-refractivity contribution in [1.82, 2.24) is 0 Å². The standard InChI is InChI=1S/C21H21ClF2O/c1-13-8-9-21(11-14-2-4-16(22)5-3-14)15(10-13)12-25-20-18(24)7-6-17(23)19(20)21/h2-7,13,15H,8-12H2,1H3/t13-,15+,21-/m0/s1. The quantitative estimate of drug-likeness (QED) is 0.643. The van der Waals surface area contributed by atoms with Gasteiger partial charge in [-0.15, -0.1) is 0 Å². The molecule has 0 amide bonds. The second-order valence-electron chi connectivity index (χ2n) is 7.58. The van der Waals surface area contributed by atoms with Crippen LogP contribution in [0.25, 0.3) is 0 Å². The van der Waals surface area contributed by atoms with Gasteiger partial charge in [0.2, 0.25) is 0 Å². The third kappa shape index (κ3) is 2.83. The summed E-state index contributed by atoms with van der Waals surface area (Å²) in [5.41, 5.74) is 1.12. The molecule has 1 aliphatic heterocycles. The lowest BCUT2D eigenvalue weighted by Crippen LogP contribution is -2.48. The normalized spacial score (nSPS) is 28.0. The number of benzene rings is 2. The van der Waals surface area contributed by atoms with Crippen LogP contribution in [0, 0.1) is 23.5 Å². The van der Waals surface area contributed by atoms with E-state index in [1.807, 2.05) is 24.3 Å². The van der Waals surface area contributed by atoms with E-state index in [0.29, 0.717) is 29.5 Å². The van der Waals surface area contributed by atoms with Gasteiger partial charge in [0.15, 0.2) is 11.6 Å².